The van der Waals surface area contributed by atoms with E-state index in [4.69, 9.17) is 5.26 Å². The fourth-order valence-corrected chi connectivity index (χ4v) is 0.833. The van der Waals surface area contributed by atoms with E-state index >= 15 is 0 Å². The normalized spacial score (nSPS) is 9.77. The summed E-state index contributed by atoms with van der Waals surface area (Å²) in [5.74, 6) is -1.23. The Morgan fingerprint density at radius 2 is 2.00 bits per heavy atom. The third kappa shape index (κ3) is 2.80. The second-order valence-corrected chi connectivity index (χ2v) is 2.39. The average Bonchev–Trinajstić information content (AvgIpc) is 2.15. The second kappa shape index (κ2) is 4.07. The Morgan fingerprint density at radius 1 is 1.38 bits per heavy atom. The highest BCUT2D eigenvalue weighted by Gasteiger charge is 1.88. The van der Waals surface area contributed by atoms with Gasteiger partial charge in [-0.2, -0.15) is 5.26 Å². The molecular formula is C10H6NO2-. The summed E-state index contributed by atoms with van der Waals surface area (Å²) in [6.07, 6.45) is 2.36. The van der Waals surface area contributed by atoms with E-state index in [-0.39, 0.29) is 0 Å². The smallest absolute Gasteiger partial charge is 0.0991 e. The van der Waals surface area contributed by atoms with Gasteiger partial charge in [0.2, 0.25) is 0 Å². The maximum absolute atomic E-state index is 10.0. The van der Waals surface area contributed by atoms with Gasteiger partial charge in [0.15, 0.2) is 0 Å². The molecule has 0 unspecified atom stereocenters. The van der Waals surface area contributed by atoms with Crippen LogP contribution < -0.4 is 5.11 Å². The molecule has 0 N–H and O–H groups in total. The van der Waals surface area contributed by atoms with Crippen LogP contribution in [0.3, 0.4) is 0 Å². The summed E-state index contributed by atoms with van der Waals surface area (Å²) < 4.78 is 0. The van der Waals surface area contributed by atoms with Gasteiger partial charge in [0, 0.05) is 0 Å². The number of hydrogen-bond acceptors (Lipinski definition) is 3. The predicted molar refractivity (Wildman–Crippen MR) is 45.2 cm³/mol. The number of aliphatic carboxylic acids is 1. The first-order chi connectivity index (χ1) is 6.22. The minimum atomic E-state index is -1.23. The van der Waals surface area contributed by atoms with Crippen molar-refractivity contribution in [1.29, 1.82) is 5.26 Å². The van der Waals surface area contributed by atoms with Crippen LogP contribution in [0.4, 0.5) is 0 Å². The summed E-state index contributed by atoms with van der Waals surface area (Å²) in [6, 6.07) is 8.54. The van der Waals surface area contributed by atoms with Gasteiger partial charge in [-0.25, -0.2) is 0 Å². The summed E-state index contributed by atoms with van der Waals surface area (Å²) in [7, 11) is 0. The molecule has 0 amide bonds. The standard InChI is InChI=1S/C10H7NO2/c11-7-9-3-1-8(2-4-9)5-6-10(12)13/h1-6H,(H,12,13)/p-1. The topological polar surface area (TPSA) is 63.9 Å². The number of hydrogen-bond donors (Lipinski definition) is 0. The van der Waals surface area contributed by atoms with Crippen molar-refractivity contribution < 1.29 is 9.90 Å². The van der Waals surface area contributed by atoms with Gasteiger partial charge in [0.05, 0.1) is 17.6 Å². The number of nitriles is 1. The first-order valence-corrected chi connectivity index (χ1v) is 3.61. The SMILES string of the molecule is N#Cc1ccc(C=CC(=O)[O-])cc1. The Morgan fingerprint density at radius 3 is 2.46 bits per heavy atom. The minimum Gasteiger partial charge on any atom is -0.545 e. The van der Waals surface area contributed by atoms with Crippen molar-refractivity contribution >= 4 is 12.0 Å². The van der Waals surface area contributed by atoms with Crippen LogP contribution in [0.1, 0.15) is 11.1 Å². The van der Waals surface area contributed by atoms with E-state index in [0.29, 0.717) is 5.56 Å². The van der Waals surface area contributed by atoms with Gasteiger partial charge in [0.25, 0.3) is 0 Å². The number of carbonyl (C=O) groups is 1. The lowest BCUT2D eigenvalue weighted by Gasteiger charge is -1.93. The number of carbonyl (C=O) groups excluding carboxylic acids is 1. The highest BCUT2D eigenvalue weighted by Crippen LogP contribution is 2.04. The maximum Gasteiger partial charge on any atom is 0.0991 e. The van der Waals surface area contributed by atoms with Crippen molar-refractivity contribution in [2.75, 3.05) is 0 Å². The molecule has 1 aromatic carbocycles. The van der Waals surface area contributed by atoms with E-state index in [1.807, 2.05) is 6.07 Å². The number of benzene rings is 1. The van der Waals surface area contributed by atoms with Crippen LogP contribution in [0.2, 0.25) is 0 Å². The molecule has 0 aliphatic rings. The Labute approximate surface area is 75.5 Å². The second-order valence-electron chi connectivity index (χ2n) is 2.39. The zero-order valence-electron chi connectivity index (χ0n) is 6.73. The van der Waals surface area contributed by atoms with Crippen LogP contribution in [0.5, 0.6) is 0 Å². The molecule has 0 fully saturated rings. The number of nitrogens with zero attached hydrogens (tertiary/aromatic N) is 1. The van der Waals surface area contributed by atoms with Gasteiger partial charge in [-0.3, -0.25) is 0 Å². The number of carboxylic acids is 1. The van der Waals surface area contributed by atoms with E-state index in [1.165, 1.54) is 6.08 Å². The van der Waals surface area contributed by atoms with Crippen molar-refractivity contribution in [1.82, 2.24) is 0 Å². The molecule has 3 nitrogen and oxygen atoms in total. The fraction of sp³-hybridized carbons (Fsp3) is 0. The minimum absolute atomic E-state index is 0.547. The Hall–Kier alpha value is -2.08. The Bertz CT molecular complexity index is 371. The molecule has 13 heavy (non-hydrogen) atoms. The van der Waals surface area contributed by atoms with Gasteiger partial charge in [-0.1, -0.05) is 18.2 Å². The van der Waals surface area contributed by atoms with Gasteiger partial charge < -0.3 is 9.90 Å². The average molecular weight is 172 g/mol. The van der Waals surface area contributed by atoms with Crippen molar-refractivity contribution in [3.63, 3.8) is 0 Å². The molecule has 3 heteroatoms. The van der Waals surface area contributed by atoms with Crippen LogP contribution in [0.15, 0.2) is 30.3 Å². The van der Waals surface area contributed by atoms with Crippen LogP contribution in [0, 0.1) is 11.3 Å². The quantitative estimate of drug-likeness (QED) is 0.603. The molecule has 0 heterocycles. The summed E-state index contributed by atoms with van der Waals surface area (Å²) >= 11 is 0. The van der Waals surface area contributed by atoms with Crippen molar-refractivity contribution in [3.8, 4) is 6.07 Å². The zero-order valence-corrected chi connectivity index (χ0v) is 6.73. The molecule has 64 valence electrons. The molecule has 0 saturated carbocycles. The lowest BCUT2D eigenvalue weighted by atomic mass is 10.1. The molecule has 0 radical (unpaired) electrons. The first-order valence-electron chi connectivity index (χ1n) is 3.61. The zero-order chi connectivity index (χ0) is 9.68. The van der Waals surface area contributed by atoms with Crippen molar-refractivity contribution in [2.45, 2.75) is 0 Å². The molecule has 0 aliphatic heterocycles. The maximum atomic E-state index is 10.0. The molecule has 0 aliphatic carbocycles. The summed E-state index contributed by atoms with van der Waals surface area (Å²) in [5.41, 5.74) is 1.27. The van der Waals surface area contributed by atoms with Crippen LogP contribution in [-0.2, 0) is 4.79 Å². The highest BCUT2D eigenvalue weighted by atomic mass is 16.4. The summed E-state index contributed by atoms with van der Waals surface area (Å²) in [5, 5.41) is 18.5. The largest absolute Gasteiger partial charge is 0.545 e. The van der Waals surface area contributed by atoms with E-state index < -0.39 is 5.97 Å². The molecule has 0 saturated heterocycles. The van der Waals surface area contributed by atoms with E-state index in [2.05, 4.69) is 0 Å². The van der Waals surface area contributed by atoms with Crippen LogP contribution in [-0.4, -0.2) is 5.97 Å². The van der Waals surface area contributed by atoms with Gasteiger partial charge in [0.1, 0.15) is 0 Å². The predicted octanol–water partition coefficient (Wildman–Crippen LogP) is 0.321. The molecule has 0 bridgehead atoms. The monoisotopic (exact) mass is 172 g/mol. The molecule has 1 aromatic rings. The Kier molecular flexibility index (Phi) is 2.82. The third-order valence-electron chi connectivity index (χ3n) is 1.45. The molecule has 0 aromatic heterocycles. The lowest BCUT2D eigenvalue weighted by molar-refractivity contribution is -0.297. The molecule has 0 atom stereocenters. The highest BCUT2D eigenvalue weighted by molar-refractivity contribution is 5.83. The van der Waals surface area contributed by atoms with Crippen LogP contribution in [0.25, 0.3) is 6.08 Å². The van der Waals surface area contributed by atoms with Crippen molar-refractivity contribution in [2.24, 2.45) is 0 Å². The van der Waals surface area contributed by atoms with E-state index in [1.54, 1.807) is 24.3 Å². The molecular weight excluding hydrogens is 166 g/mol. The van der Waals surface area contributed by atoms with Gasteiger partial charge in [-0.15, -0.1) is 0 Å². The summed E-state index contributed by atoms with van der Waals surface area (Å²) in [4.78, 5) is 10.0. The van der Waals surface area contributed by atoms with E-state index in [0.717, 1.165) is 11.6 Å². The van der Waals surface area contributed by atoms with Gasteiger partial charge in [-0.05, 0) is 23.8 Å². The van der Waals surface area contributed by atoms with Crippen LogP contribution >= 0.6 is 0 Å². The fourth-order valence-electron chi connectivity index (χ4n) is 0.833. The molecule has 1 rings (SSSR count). The summed E-state index contributed by atoms with van der Waals surface area (Å²) in [6.45, 7) is 0. The lowest BCUT2D eigenvalue weighted by Crippen LogP contribution is -2.18. The molecule has 0 spiro atoms. The number of rotatable bonds is 2. The Balaban J connectivity index is 2.82. The van der Waals surface area contributed by atoms with Gasteiger partial charge >= 0.3 is 0 Å². The van der Waals surface area contributed by atoms with E-state index in [9.17, 15) is 9.90 Å². The number of carboxylic acid groups (broad SMARTS) is 1. The van der Waals surface area contributed by atoms with Crippen molar-refractivity contribution in [3.05, 3.63) is 41.5 Å². The first kappa shape index (κ1) is 9.01. The third-order valence-corrected chi connectivity index (χ3v) is 1.45.